The van der Waals surface area contributed by atoms with Crippen molar-refractivity contribution >= 4 is 11.6 Å². The van der Waals surface area contributed by atoms with Crippen LogP contribution >= 0.6 is 0 Å². The Labute approximate surface area is 140 Å². The fourth-order valence-electron chi connectivity index (χ4n) is 2.33. The van der Waals surface area contributed by atoms with E-state index in [9.17, 15) is 4.79 Å². The van der Waals surface area contributed by atoms with Gasteiger partial charge in [-0.15, -0.1) is 0 Å². The van der Waals surface area contributed by atoms with Gasteiger partial charge in [0.25, 0.3) is 5.91 Å². The van der Waals surface area contributed by atoms with Gasteiger partial charge in [-0.3, -0.25) is 4.79 Å². The second kappa shape index (κ2) is 7.00. The lowest BCUT2D eigenvalue weighted by molar-refractivity contribution is -0.118. The predicted molar refractivity (Wildman–Crippen MR) is 93.6 cm³/mol. The van der Waals surface area contributed by atoms with Crippen LogP contribution in [0.3, 0.4) is 0 Å². The summed E-state index contributed by atoms with van der Waals surface area (Å²) in [6.07, 6.45) is 5.32. The van der Waals surface area contributed by atoms with Gasteiger partial charge in [-0.2, -0.15) is 0 Å². The predicted octanol–water partition coefficient (Wildman–Crippen LogP) is 3.51. The molecule has 1 amide bonds. The van der Waals surface area contributed by atoms with Crippen LogP contribution in [0.15, 0.2) is 61.2 Å². The smallest absolute Gasteiger partial charge is 0.262 e. The summed E-state index contributed by atoms with van der Waals surface area (Å²) in [6.45, 7) is 3.93. The topological polar surface area (TPSA) is 56.1 Å². The summed E-state index contributed by atoms with van der Waals surface area (Å²) in [5.74, 6) is 0.548. The van der Waals surface area contributed by atoms with Gasteiger partial charge in [-0.05, 0) is 55.3 Å². The highest BCUT2D eigenvalue weighted by molar-refractivity contribution is 5.91. The molecule has 0 aliphatic rings. The first-order chi connectivity index (χ1) is 11.6. The van der Waals surface area contributed by atoms with E-state index >= 15 is 0 Å². The maximum absolute atomic E-state index is 12.0. The average Bonchev–Trinajstić information content (AvgIpc) is 3.11. The summed E-state index contributed by atoms with van der Waals surface area (Å²) < 4.78 is 7.51. The summed E-state index contributed by atoms with van der Waals surface area (Å²) in [4.78, 5) is 16.1. The van der Waals surface area contributed by atoms with E-state index < -0.39 is 0 Å². The molecule has 2 aromatic carbocycles. The van der Waals surface area contributed by atoms with Crippen LogP contribution in [0.1, 0.15) is 11.1 Å². The number of carbonyl (C=O) groups excluding carboxylic acids is 1. The summed E-state index contributed by atoms with van der Waals surface area (Å²) in [5, 5.41) is 2.83. The van der Waals surface area contributed by atoms with Crippen molar-refractivity contribution < 1.29 is 9.53 Å². The quantitative estimate of drug-likeness (QED) is 0.782. The molecule has 0 radical (unpaired) electrons. The molecule has 1 heterocycles. The molecule has 1 aromatic heterocycles. The van der Waals surface area contributed by atoms with Crippen LogP contribution in [0.2, 0.25) is 0 Å². The number of anilines is 1. The molecule has 0 bridgehead atoms. The van der Waals surface area contributed by atoms with Crippen molar-refractivity contribution in [2.45, 2.75) is 13.8 Å². The molecule has 1 N–H and O–H groups in total. The maximum atomic E-state index is 12.0. The Morgan fingerprint density at radius 2 is 1.96 bits per heavy atom. The monoisotopic (exact) mass is 321 g/mol. The molecule has 3 rings (SSSR count). The summed E-state index contributed by atoms with van der Waals surface area (Å²) in [6, 6.07) is 13.5. The lowest BCUT2D eigenvalue weighted by Crippen LogP contribution is -2.20. The van der Waals surface area contributed by atoms with Crippen LogP contribution in [0.4, 0.5) is 5.69 Å². The lowest BCUT2D eigenvalue weighted by Gasteiger charge is -2.11. The number of ether oxygens (including phenoxy) is 1. The van der Waals surface area contributed by atoms with Crippen molar-refractivity contribution in [3.05, 3.63) is 72.3 Å². The molecule has 0 aliphatic heterocycles. The third kappa shape index (κ3) is 3.81. The molecule has 0 saturated heterocycles. The molecule has 0 saturated carbocycles. The van der Waals surface area contributed by atoms with Gasteiger partial charge < -0.3 is 14.6 Å². The number of nitrogens with zero attached hydrogens (tertiary/aromatic N) is 2. The maximum Gasteiger partial charge on any atom is 0.262 e. The number of hydrogen-bond acceptors (Lipinski definition) is 3. The van der Waals surface area contributed by atoms with Crippen LogP contribution in [0.5, 0.6) is 5.75 Å². The minimum atomic E-state index is -0.189. The molecule has 0 unspecified atom stereocenters. The average molecular weight is 321 g/mol. The van der Waals surface area contributed by atoms with E-state index in [2.05, 4.69) is 10.3 Å². The van der Waals surface area contributed by atoms with Gasteiger partial charge >= 0.3 is 0 Å². The molecule has 5 nitrogen and oxygen atoms in total. The number of carbonyl (C=O) groups is 1. The van der Waals surface area contributed by atoms with Crippen LogP contribution in [-0.4, -0.2) is 22.1 Å². The van der Waals surface area contributed by atoms with Crippen molar-refractivity contribution in [2.24, 2.45) is 0 Å². The number of nitrogens with one attached hydrogen (secondary N) is 1. The zero-order valence-electron chi connectivity index (χ0n) is 13.7. The molecule has 122 valence electrons. The van der Waals surface area contributed by atoms with Gasteiger partial charge in [0.2, 0.25) is 0 Å². The van der Waals surface area contributed by atoms with Crippen molar-refractivity contribution in [2.75, 3.05) is 11.9 Å². The van der Waals surface area contributed by atoms with E-state index in [1.807, 2.05) is 67.1 Å². The van der Waals surface area contributed by atoms with Crippen molar-refractivity contribution in [1.82, 2.24) is 9.55 Å². The Hall–Kier alpha value is -3.08. The fraction of sp³-hybridized carbons (Fsp3) is 0.158. The number of imidazole rings is 1. The van der Waals surface area contributed by atoms with Gasteiger partial charge in [0, 0.05) is 23.8 Å². The number of hydrogen-bond donors (Lipinski definition) is 1. The Bertz CT molecular complexity index is 824. The highest BCUT2D eigenvalue weighted by Gasteiger charge is 2.06. The van der Waals surface area contributed by atoms with Crippen molar-refractivity contribution in [1.29, 1.82) is 0 Å². The van der Waals surface area contributed by atoms with Gasteiger partial charge in [-0.1, -0.05) is 12.1 Å². The minimum Gasteiger partial charge on any atom is -0.483 e. The van der Waals surface area contributed by atoms with Crippen molar-refractivity contribution in [3.63, 3.8) is 0 Å². The zero-order chi connectivity index (χ0) is 16.9. The summed E-state index contributed by atoms with van der Waals surface area (Å²) >= 11 is 0. The Morgan fingerprint density at radius 1 is 1.17 bits per heavy atom. The normalized spacial score (nSPS) is 10.4. The third-order valence-electron chi connectivity index (χ3n) is 3.66. The van der Waals surface area contributed by atoms with Gasteiger partial charge in [-0.25, -0.2) is 4.98 Å². The fourth-order valence-corrected chi connectivity index (χ4v) is 2.33. The van der Waals surface area contributed by atoms with Crippen LogP contribution in [-0.2, 0) is 4.79 Å². The Morgan fingerprint density at radius 3 is 2.67 bits per heavy atom. The number of rotatable bonds is 5. The second-order valence-electron chi connectivity index (χ2n) is 5.62. The first-order valence-electron chi connectivity index (χ1n) is 7.70. The molecular formula is C19H19N3O2. The van der Waals surface area contributed by atoms with Gasteiger partial charge in [0.1, 0.15) is 5.75 Å². The van der Waals surface area contributed by atoms with Gasteiger partial charge in [0.05, 0.1) is 6.33 Å². The standard InChI is InChI=1S/C19H19N3O2/c1-14-3-4-15(2)18(11-14)24-12-19(23)21-16-5-7-17(8-6-16)22-10-9-20-13-22/h3-11,13H,12H2,1-2H3,(H,21,23). The van der Waals surface area contributed by atoms with Gasteiger partial charge in [0.15, 0.2) is 6.61 Å². The molecule has 0 aliphatic carbocycles. The third-order valence-corrected chi connectivity index (χ3v) is 3.66. The molecule has 5 heteroatoms. The molecule has 0 atom stereocenters. The SMILES string of the molecule is Cc1ccc(C)c(OCC(=O)Nc2ccc(-n3ccnc3)cc2)c1. The molecule has 3 aromatic rings. The molecular weight excluding hydrogens is 302 g/mol. The molecule has 0 spiro atoms. The number of benzene rings is 2. The van der Waals surface area contributed by atoms with Crippen molar-refractivity contribution in [3.8, 4) is 11.4 Å². The Kier molecular flexibility index (Phi) is 4.61. The van der Waals surface area contributed by atoms with Crippen LogP contribution in [0, 0.1) is 13.8 Å². The Balaban J connectivity index is 1.58. The van der Waals surface area contributed by atoms with E-state index in [1.54, 1.807) is 12.5 Å². The van der Waals surface area contributed by atoms with Crippen LogP contribution < -0.4 is 10.1 Å². The summed E-state index contributed by atoms with van der Waals surface area (Å²) in [5.41, 5.74) is 3.83. The summed E-state index contributed by atoms with van der Waals surface area (Å²) in [7, 11) is 0. The highest BCUT2D eigenvalue weighted by Crippen LogP contribution is 2.19. The van der Waals surface area contributed by atoms with Crippen LogP contribution in [0.25, 0.3) is 5.69 Å². The largest absolute Gasteiger partial charge is 0.483 e. The highest BCUT2D eigenvalue weighted by atomic mass is 16.5. The first-order valence-corrected chi connectivity index (χ1v) is 7.70. The number of amides is 1. The molecule has 0 fully saturated rings. The second-order valence-corrected chi connectivity index (χ2v) is 5.62. The first kappa shape index (κ1) is 15.8. The van der Waals surface area contributed by atoms with E-state index in [0.29, 0.717) is 0 Å². The molecule has 24 heavy (non-hydrogen) atoms. The van der Waals surface area contributed by atoms with E-state index in [1.165, 1.54) is 0 Å². The van der Waals surface area contributed by atoms with E-state index in [0.717, 1.165) is 28.3 Å². The minimum absolute atomic E-state index is 0.0203. The number of aryl methyl sites for hydroxylation is 2. The zero-order valence-corrected chi connectivity index (χ0v) is 13.7. The van der Waals surface area contributed by atoms with E-state index in [4.69, 9.17) is 4.74 Å². The lowest BCUT2D eigenvalue weighted by atomic mass is 10.1. The van der Waals surface area contributed by atoms with E-state index in [-0.39, 0.29) is 12.5 Å². The number of aromatic nitrogens is 2.